The molecule has 5 aromatic rings. The Balaban J connectivity index is 1.09. The third-order valence-corrected chi connectivity index (χ3v) is 9.51. The molecule has 7 rings (SSSR count). The van der Waals surface area contributed by atoms with Crippen molar-refractivity contribution in [3.05, 3.63) is 179 Å². The van der Waals surface area contributed by atoms with Gasteiger partial charge in [-0.05, 0) is 34.4 Å². The predicted octanol–water partition coefficient (Wildman–Crippen LogP) is 6.64. The zero-order valence-corrected chi connectivity index (χ0v) is 30.4. The highest BCUT2D eigenvalue weighted by molar-refractivity contribution is 5.89. The fourth-order valence-corrected chi connectivity index (χ4v) is 6.63. The van der Waals surface area contributed by atoms with Gasteiger partial charge in [0.1, 0.15) is 43.2 Å². The maximum absolute atomic E-state index is 13.0. The molecule has 8 atom stereocenters. The van der Waals surface area contributed by atoms with Crippen LogP contribution in [0.2, 0.25) is 0 Å². The lowest BCUT2D eigenvalue weighted by Crippen LogP contribution is -2.42. The molecule has 2 aliphatic rings. The highest BCUT2D eigenvalue weighted by Crippen LogP contribution is 2.33. The van der Waals surface area contributed by atoms with Gasteiger partial charge in [-0.2, -0.15) is 0 Å². The van der Waals surface area contributed by atoms with E-state index in [2.05, 4.69) is 0 Å². The van der Waals surface area contributed by atoms with Crippen molar-refractivity contribution < 1.29 is 47.8 Å². The maximum atomic E-state index is 13.0. The van der Waals surface area contributed by atoms with Crippen molar-refractivity contribution in [2.24, 2.45) is 0 Å². The van der Waals surface area contributed by atoms with E-state index in [1.54, 1.807) is 24.3 Å². The van der Waals surface area contributed by atoms with Crippen LogP contribution in [0, 0.1) is 0 Å². The number of aliphatic hydroxyl groups is 1. The van der Waals surface area contributed by atoms with Gasteiger partial charge in [-0.25, -0.2) is 4.79 Å². The minimum Gasteiger partial charge on any atom is -0.459 e. The lowest BCUT2D eigenvalue weighted by molar-refractivity contribution is -0.208. The second-order valence-electron chi connectivity index (χ2n) is 13.5. The Morgan fingerprint density at radius 2 is 0.836 bits per heavy atom. The smallest absolute Gasteiger partial charge is 0.338 e. The fraction of sp³-hybridized carbons (Fsp3) is 0.311. The van der Waals surface area contributed by atoms with Gasteiger partial charge in [-0.3, -0.25) is 0 Å². The number of esters is 1. The number of carbonyl (C=O) groups excluding carboxylic acids is 1. The standard InChI is InChI=1S/C45H46O10/c46-43(36-24-14-5-15-25-36)52-30-38-40(49-27-33-18-8-2-9-19-33)42(51-29-35-22-12-4-13-23-35)45(55-38)53-31-37-39(48-26-32-16-6-1-7-17-32)41(44(47)54-37)50-28-34-20-10-3-11-21-34/h1-25,37-42,44-45,47H,26-31H2/t37-,38-,39-,40-,41+,42+,44+,45-/m1/s1. The third kappa shape index (κ3) is 10.7. The summed E-state index contributed by atoms with van der Waals surface area (Å²) in [7, 11) is 0. The Morgan fingerprint density at radius 1 is 0.455 bits per heavy atom. The van der Waals surface area contributed by atoms with Crippen molar-refractivity contribution in [2.45, 2.75) is 75.6 Å². The molecule has 55 heavy (non-hydrogen) atoms. The van der Waals surface area contributed by atoms with Gasteiger partial charge in [-0.15, -0.1) is 0 Å². The quantitative estimate of drug-likeness (QED) is 0.0980. The Hall–Kier alpha value is -4.75. The molecule has 286 valence electrons. The van der Waals surface area contributed by atoms with E-state index in [9.17, 15) is 9.90 Å². The molecule has 0 radical (unpaired) electrons. The Morgan fingerprint density at radius 3 is 1.31 bits per heavy atom. The van der Waals surface area contributed by atoms with E-state index in [1.165, 1.54) is 0 Å². The van der Waals surface area contributed by atoms with Gasteiger partial charge in [-0.1, -0.05) is 140 Å². The van der Waals surface area contributed by atoms with Crippen LogP contribution >= 0.6 is 0 Å². The molecule has 10 heteroatoms. The van der Waals surface area contributed by atoms with Crippen LogP contribution in [0.5, 0.6) is 0 Å². The van der Waals surface area contributed by atoms with Crippen LogP contribution < -0.4 is 0 Å². The largest absolute Gasteiger partial charge is 0.459 e. The van der Waals surface area contributed by atoms with E-state index in [0.29, 0.717) is 5.56 Å². The summed E-state index contributed by atoms with van der Waals surface area (Å²) < 4.78 is 50.5. The SMILES string of the molecule is O=C(OC[C@H]1O[C@@H](OC[C@H]2O[C@H](O)[C@@H](OCc3ccccc3)[C@@H]2OCc2ccccc2)[C@@H](OCc2ccccc2)[C@@H]1OCc1ccccc1)c1ccccc1. The van der Waals surface area contributed by atoms with Gasteiger partial charge in [0.15, 0.2) is 12.6 Å². The van der Waals surface area contributed by atoms with Crippen LogP contribution in [0.1, 0.15) is 32.6 Å². The monoisotopic (exact) mass is 746 g/mol. The van der Waals surface area contributed by atoms with Gasteiger partial charge in [0.25, 0.3) is 0 Å². The summed E-state index contributed by atoms with van der Waals surface area (Å²) in [6.45, 7) is 0.928. The molecule has 2 heterocycles. The molecule has 10 nitrogen and oxygen atoms in total. The molecule has 2 fully saturated rings. The van der Waals surface area contributed by atoms with E-state index >= 15 is 0 Å². The first-order valence-corrected chi connectivity index (χ1v) is 18.6. The van der Waals surface area contributed by atoms with E-state index in [4.69, 9.17) is 37.9 Å². The summed E-state index contributed by atoms with van der Waals surface area (Å²) in [6.07, 6.45) is -6.56. The Labute approximate surface area is 321 Å². The predicted molar refractivity (Wildman–Crippen MR) is 202 cm³/mol. The number of carbonyl (C=O) groups is 1. The van der Waals surface area contributed by atoms with Gasteiger partial charge in [0, 0.05) is 0 Å². The van der Waals surface area contributed by atoms with Crippen molar-refractivity contribution in [1.82, 2.24) is 0 Å². The molecule has 1 N–H and O–H groups in total. The van der Waals surface area contributed by atoms with Gasteiger partial charge < -0.3 is 43.0 Å². The average molecular weight is 747 g/mol. The first kappa shape index (κ1) is 38.5. The molecular formula is C45H46O10. The minimum absolute atomic E-state index is 0.0283. The number of benzene rings is 5. The second-order valence-corrected chi connectivity index (χ2v) is 13.5. The average Bonchev–Trinajstić information content (AvgIpc) is 3.74. The van der Waals surface area contributed by atoms with E-state index in [1.807, 2.05) is 127 Å². The Kier molecular flexibility index (Phi) is 13.8. The lowest BCUT2D eigenvalue weighted by Gasteiger charge is -2.27. The maximum Gasteiger partial charge on any atom is 0.338 e. The molecule has 0 bridgehead atoms. The number of aliphatic hydroxyl groups excluding tert-OH is 1. The normalized spacial score (nSPS) is 24.8. The molecule has 0 amide bonds. The van der Waals surface area contributed by atoms with Gasteiger partial charge in [0.05, 0.1) is 38.6 Å². The van der Waals surface area contributed by atoms with Crippen LogP contribution in [0.3, 0.4) is 0 Å². The molecule has 0 saturated carbocycles. The molecule has 0 aromatic heterocycles. The summed E-state index contributed by atoms with van der Waals surface area (Å²) in [5, 5.41) is 11.1. The Bertz CT molecular complexity index is 1850. The zero-order valence-electron chi connectivity index (χ0n) is 30.4. The van der Waals surface area contributed by atoms with Crippen molar-refractivity contribution in [3.8, 4) is 0 Å². The highest BCUT2D eigenvalue weighted by atomic mass is 16.7. The molecule has 0 unspecified atom stereocenters. The van der Waals surface area contributed by atoms with Crippen molar-refractivity contribution in [2.75, 3.05) is 13.2 Å². The van der Waals surface area contributed by atoms with Crippen molar-refractivity contribution in [3.63, 3.8) is 0 Å². The van der Waals surface area contributed by atoms with Gasteiger partial charge >= 0.3 is 5.97 Å². The molecule has 5 aromatic carbocycles. The van der Waals surface area contributed by atoms with Crippen molar-refractivity contribution >= 4 is 5.97 Å². The van der Waals surface area contributed by atoms with Gasteiger partial charge in [0.2, 0.25) is 0 Å². The minimum atomic E-state index is -1.26. The van der Waals surface area contributed by atoms with Crippen molar-refractivity contribution in [1.29, 1.82) is 0 Å². The number of hydrogen-bond donors (Lipinski definition) is 1. The molecule has 0 aliphatic carbocycles. The topological polar surface area (TPSA) is 111 Å². The number of rotatable bonds is 18. The summed E-state index contributed by atoms with van der Waals surface area (Å²) in [6, 6.07) is 47.9. The first-order valence-electron chi connectivity index (χ1n) is 18.6. The van der Waals surface area contributed by atoms with Crippen LogP contribution in [0.15, 0.2) is 152 Å². The molecule has 2 saturated heterocycles. The summed E-state index contributed by atoms with van der Waals surface area (Å²) in [5.41, 5.74) is 4.26. The fourth-order valence-electron chi connectivity index (χ4n) is 6.63. The van der Waals surface area contributed by atoms with E-state index in [-0.39, 0.29) is 39.6 Å². The second kappa shape index (κ2) is 19.7. The number of ether oxygens (including phenoxy) is 8. The van der Waals surface area contributed by atoms with Crippen LogP contribution in [0.25, 0.3) is 0 Å². The van der Waals surface area contributed by atoms with Crippen LogP contribution in [0.4, 0.5) is 0 Å². The molecule has 0 spiro atoms. The first-order chi connectivity index (χ1) is 27.1. The lowest BCUT2D eigenvalue weighted by atomic mass is 10.1. The van der Waals surface area contributed by atoms with Crippen LogP contribution in [-0.2, 0) is 64.3 Å². The van der Waals surface area contributed by atoms with E-state index < -0.39 is 55.2 Å². The highest BCUT2D eigenvalue weighted by Gasteiger charge is 2.50. The summed E-state index contributed by atoms with van der Waals surface area (Å²) >= 11 is 0. The summed E-state index contributed by atoms with van der Waals surface area (Å²) in [4.78, 5) is 13.0. The summed E-state index contributed by atoms with van der Waals surface area (Å²) in [5.74, 6) is -0.481. The molecule has 2 aliphatic heterocycles. The van der Waals surface area contributed by atoms with E-state index in [0.717, 1.165) is 22.3 Å². The zero-order chi connectivity index (χ0) is 37.7. The molecular weight excluding hydrogens is 700 g/mol. The third-order valence-electron chi connectivity index (χ3n) is 9.51. The van der Waals surface area contributed by atoms with Crippen LogP contribution in [-0.4, -0.2) is 73.5 Å². The number of hydrogen-bond acceptors (Lipinski definition) is 10.